The van der Waals surface area contributed by atoms with Gasteiger partial charge in [0.15, 0.2) is 0 Å². The third-order valence-corrected chi connectivity index (χ3v) is 3.19. The van der Waals surface area contributed by atoms with E-state index in [4.69, 9.17) is 10.5 Å². The van der Waals surface area contributed by atoms with Gasteiger partial charge in [-0.05, 0) is 37.5 Å². The number of ether oxygens (including phenoxy) is 1. The standard InChI is InChI=1S/C12H25NO/c1-10(2)6-8-14-9-7-11-4-3-5-12(11)13/h10-12H,3-9,13H2,1-2H3. The first kappa shape index (κ1) is 12.0. The predicted molar refractivity (Wildman–Crippen MR) is 60.2 cm³/mol. The zero-order chi connectivity index (χ0) is 10.4. The van der Waals surface area contributed by atoms with Crippen molar-refractivity contribution in [3.63, 3.8) is 0 Å². The molecule has 0 bridgehead atoms. The molecule has 2 heteroatoms. The highest BCUT2D eigenvalue weighted by atomic mass is 16.5. The zero-order valence-electron chi connectivity index (χ0n) is 9.67. The first-order chi connectivity index (χ1) is 6.70. The highest BCUT2D eigenvalue weighted by Crippen LogP contribution is 2.26. The maximum Gasteiger partial charge on any atom is 0.0469 e. The van der Waals surface area contributed by atoms with Gasteiger partial charge in [0, 0.05) is 19.3 Å². The second-order valence-corrected chi connectivity index (χ2v) is 4.94. The van der Waals surface area contributed by atoms with Crippen LogP contribution in [0.4, 0.5) is 0 Å². The minimum Gasteiger partial charge on any atom is -0.381 e. The Morgan fingerprint density at radius 3 is 2.64 bits per heavy atom. The fourth-order valence-electron chi connectivity index (χ4n) is 2.08. The lowest BCUT2D eigenvalue weighted by Gasteiger charge is -2.15. The van der Waals surface area contributed by atoms with Gasteiger partial charge in [0.2, 0.25) is 0 Å². The fourth-order valence-corrected chi connectivity index (χ4v) is 2.08. The van der Waals surface area contributed by atoms with Gasteiger partial charge in [-0.1, -0.05) is 20.3 Å². The molecule has 1 aliphatic rings. The van der Waals surface area contributed by atoms with Crippen molar-refractivity contribution in [3.05, 3.63) is 0 Å². The van der Waals surface area contributed by atoms with Crippen LogP contribution in [0.2, 0.25) is 0 Å². The van der Waals surface area contributed by atoms with E-state index in [9.17, 15) is 0 Å². The van der Waals surface area contributed by atoms with Gasteiger partial charge < -0.3 is 10.5 Å². The van der Waals surface area contributed by atoms with Crippen LogP contribution in [0.15, 0.2) is 0 Å². The van der Waals surface area contributed by atoms with Gasteiger partial charge in [0.1, 0.15) is 0 Å². The molecule has 1 rings (SSSR count). The Labute approximate surface area is 88.2 Å². The van der Waals surface area contributed by atoms with Crippen LogP contribution in [0.5, 0.6) is 0 Å². The molecule has 84 valence electrons. The van der Waals surface area contributed by atoms with E-state index >= 15 is 0 Å². The van der Waals surface area contributed by atoms with Crippen molar-refractivity contribution < 1.29 is 4.74 Å². The van der Waals surface area contributed by atoms with Crippen LogP contribution < -0.4 is 5.73 Å². The smallest absolute Gasteiger partial charge is 0.0469 e. The molecule has 2 N–H and O–H groups in total. The van der Waals surface area contributed by atoms with Crippen LogP contribution in [0, 0.1) is 11.8 Å². The van der Waals surface area contributed by atoms with Crippen LogP contribution in [0.1, 0.15) is 46.0 Å². The lowest BCUT2D eigenvalue weighted by Crippen LogP contribution is -2.25. The molecule has 0 aromatic rings. The average molecular weight is 199 g/mol. The van der Waals surface area contributed by atoms with Crippen molar-refractivity contribution in [1.82, 2.24) is 0 Å². The van der Waals surface area contributed by atoms with Crippen LogP contribution >= 0.6 is 0 Å². The van der Waals surface area contributed by atoms with E-state index in [2.05, 4.69) is 13.8 Å². The van der Waals surface area contributed by atoms with Crippen LogP contribution in [0.25, 0.3) is 0 Å². The Bertz CT molecular complexity index is 147. The van der Waals surface area contributed by atoms with Crippen molar-refractivity contribution in [2.75, 3.05) is 13.2 Å². The first-order valence-corrected chi connectivity index (χ1v) is 6.03. The molecule has 0 heterocycles. The second-order valence-electron chi connectivity index (χ2n) is 4.94. The molecule has 0 aromatic carbocycles. The largest absolute Gasteiger partial charge is 0.381 e. The summed E-state index contributed by atoms with van der Waals surface area (Å²) < 4.78 is 5.60. The third kappa shape index (κ3) is 4.43. The van der Waals surface area contributed by atoms with Gasteiger partial charge >= 0.3 is 0 Å². The molecule has 0 radical (unpaired) electrons. The molecule has 14 heavy (non-hydrogen) atoms. The second kappa shape index (κ2) is 6.41. The summed E-state index contributed by atoms with van der Waals surface area (Å²) in [6.07, 6.45) is 6.19. The molecule has 1 aliphatic carbocycles. The average Bonchev–Trinajstić information content (AvgIpc) is 2.51. The maximum absolute atomic E-state index is 5.99. The molecular formula is C12H25NO. The van der Waals surface area contributed by atoms with Crippen LogP contribution in [-0.4, -0.2) is 19.3 Å². The summed E-state index contributed by atoms with van der Waals surface area (Å²) in [7, 11) is 0. The molecule has 0 spiro atoms. The number of hydrogen-bond acceptors (Lipinski definition) is 2. The van der Waals surface area contributed by atoms with Crippen molar-refractivity contribution >= 4 is 0 Å². The lowest BCUT2D eigenvalue weighted by atomic mass is 10.0. The van der Waals surface area contributed by atoms with Gasteiger partial charge in [0.25, 0.3) is 0 Å². The molecule has 2 nitrogen and oxygen atoms in total. The summed E-state index contributed by atoms with van der Waals surface area (Å²) in [5.74, 6) is 1.48. The Morgan fingerprint density at radius 1 is 1.29 bits per heavy atom. The Balaban J connectivity index is 1.93. The zero-order valence-corrected chi connectivity index (χ0v) is 9.67. The fraction of sp³-hybridized carbons (Fsp3) is 1.00. The normalized spacial score (nSPS) is 27.4. The molecule has 0 aliphatic heterocycles. The third-order valence-electron chi connectivity index (χ3n) is 3.19. The van der Waals surface area contributed by atoms with Crippen molar-refractivity contribution in [3.8, 4) is 0 Å². The maximum atomic E-state index is 5.99. The van der Waals surface area contributed by atoms with Crippen LogP contribution in [0.3, 0.4) is 0 Å². The Hall–Kier alpha value is -0.0800. The van der Waals surface area contributed by atoms with Crippen molar-refractivity contribution in [2.45, 2.75) is 52.0 Å². The van der Waals surface area contributed by atoms with E-state index in [-0.39, 0.29) is 0 Å². The van der Waals surface area contributed by atoms with Gasteiger partial charge in [-0.15, -0.1) is 0 Å². The summed E-state index contributed by atoms with van der Waals surface area (Å²) in [5, 5.41) is 0. The summed E-state index contributed by atoms with van der Waals surface area (Å²) in [4.78, 5) is 0. The first-order valence-electron chi connectivity index (χ1n) is 6.03. The van der Waals surface area contributed by atoms with E-state index in [0.29, 0.717) is 6.04 Å². The van der Waals surface area contributed by atoms with Crippen molar-refractivity contribution in [1.29, 1.82) is 0 Å². The minimum atomic E-state index is 0.448. The monoisotopic (exact) mass is 199 g/mol. The molecule has 0 amide bonds. The summed E-state index contributed by atoms with van der Waals surface area (Å²) in [5.41, 5.74) is 5.99. The molecule has 2 unspecified atom stereocenters. The van der Waals surface area contributed by atoms with E-state index in [1.54, 1.807) is 0 Å². The van der Waals surface area contributed by atoms with Crippen molar-refractivity contribution in [2.24, 2.45) is 17.6 Å². The Morgan fingerprint density at radius 2 is 2.07 bits per heavy atom. The topological polar surface area (TPSA) is 35.2 Å². The van der Waals surface area contributed by atoms with E-state index < -0.39 is 0 Å². The molecule has 0 saturated heterocycles. The summed E-state index contributed by atoms with van der Waals surface area (Å²) in [6, 6.07) is 0.448. The van der Waals surface area contributed by atoms with Gasteiger partial charge in [-0.2, -0.15) is 0 Å². The molecule has 2 atom stereocenters. The minimum absolute atomic E-state index is 0.448. The number of rotatable bonds is 6. The quantitative estimate of drug-likeness (QED) is 0.667. The highest BCUT2D eigenvalue weighted by molar-refractivity contribution is 4.79. The van der Waals surface area contributed by atoms with E-state index in [1.807, 2.05) is 0 Å². The van der Waals surface area contributed by atoms with E-state index in [1.165, 1.54) is 32.1 Å². The highest BCUT2D eigenvalue weighted by Gasteiger charge is 2.22. The lowest BCUT2D eigenvalue weighted by molar-refractivity contribution is 0.109. The molecule has 0 aromatic heterocycles. The molecule has 1 saturated carbocycles. The van der Waals surface area contributed by atoms with Crippen LogP contribution in [-0.2, 0) is 4.74 Å². The predicted octanol–water partition coefficient (Wildman–Crippen LogP) is 2.57. The van der Waals surface area contributed by atoms with Gasteiger partial charge in [-0.25, -0.2) is 0 Å². The SMILES string of the molecule is CC(C)CCOCCC1CCCC1N. The molecular weight excluding hydrogens is 174 g/mol. The Kier molecular flexibility index (Phi) is 5.49. The van der Waals surface area contributed by atoms with E-state index in [0.717, 1.165) is 25.0 Å². The van der Waals surface area contributed by atoms with Gasteiger partial charge in [0.05, 0.1) is 0 Å². The molecule has 1 fully saturated rings. The number of nitrogens with two attached hydrogens (primary N) is 1. The van der Waals surface area contributed by atoms with Gasteiger partial charge in [-0.3, -0.25) is 0 Å². The summed E-state index contributed by atoms with van der Waals surface area (Å²) >= 11 is 0. The number of hydrogen-bond donors (Lipinski definition) is 1. The summed E-state index contributed by atoms with van der Waals surface area (Å²) in [6.45, 7) is 6.29.